The molecule has 2 heterocycles. The summed E-state index contributed by atoms with van der Waals surface area (Å²) in [6.45, 7) is 0.940. The summed E-state index contributed by atoms with van der Waals surface area (Å²) in [5.41, 5.74) is -1.72. The Labute approximate surface area is 127 Å². The molecule has 0 aliphatic carbocycles. The summed E-state index contributed by atoms with van der Waals surface area (Å²) in [4.78, 5) is 33.3. The summed E-state index contributed by atoms with van der Waals surface area (Å²) in [5.74, 6) is -0.939. The SMILES string of the molecule is COCCNC(=O)C1(F)CCN(C(=O)c2cnccn2)CC1. The monoisotopic (exact) mass is 310 g/mol. The molecule has 0 bridgehead atoms. The number of halogens is 1. The van der Waals surface area contributed by atoms with Crippen molar-refractivity contribution in [2.75, 3.05) is 33.4 Å². The second-order valence-corrected chi connectivity index (χ2v) is 5.10. The van der Waals surface area contributed by atoms with Gasteiger partial charge in [-0.3, -0.25) is 14.6 Å². The average Bonchev–Trinajstić information content (AvgIpc) is 2.56. The van der Waals surface area contributed by atoms with Crippen LogP contribution in [-0.4, -0.2) is 65.7 Å². The molecule has 1 saturated heterocycles. The first-order chi connectivity index (χ1) is 10.6. The van der Waals surface area contributed by atoms with E-state index < -0.39 is 11.6 Å². The maximum atomic E-state index is 14.6. The van der Waals surface area contributed by atoms with Gasteiger partial charge in [-0.1, -0.05) is 0 Å². The van der Waals surface area contributed by atoms with Gasteiger partial charge in [-0.05, 0) is 0 Å². The lowest BCUT2D eigenvalue weighted by Gasteiger charge is -2.35. The molecule has 0 unspecified atom stereocenters. The first kappa shape index (κ1) is 16.3. The Bertz CT molecular complexity index is 518. The van der Waals surface area contributed by atoms with Crippen LogP contribution >= 0.6 is 0 Å². The van der Waals surface area contributed by atoms with Gasteiger partial charge in [0.1, 0.15) is 5.69 Å². The number of nitrogens with zero attached hydrogens (tertiary/aromatic N) is 3. The van der Waals surface area contributed by atoms with Crippen LogP contribution in [0.25, 0.3) is 0 Å². The normalized spacial score (nSPS) is 17.1. The molecule has 120 valence electrons. The Morgan fingerprint density at radius 3 is 2.73 bits per heavy atom. The summed E-state index contributed by atoms with van der Waals surface area (Å²) in [6, 6.07) is 0. The Hall–Kier alpha value is -2.09. The molecule has 22 heavy (non-hydrogen) atoms. The number of carbonyl (C=O) groups is 2. The molecule has 0 spiro atoms. The van der Waals surface area contributed by atoms with Crippen LogP contribution < -0.4 is 5.32 Å². The highest BCUT2D eigenvalue weighted by Crippen LogP contribution is 2.27. The number of carbonyl (C=O) groups excluding carboxylic acids is 2. The number of amides is 2. The molecule has 1 aromatic heterocycles. The highest BCUT2D eigenvalue weighted by atomic mass is 19.1. The molecule has 1 aromatic rings. The van der Waals surface area contributed by atoms with Crippen LogP contribution in [-0.2, 0) is 9.53 Å². The summed E-state index contributed by atoms with van der Waals surface area (Å²) in [5, 5.41) is 2.50. The minimum Gasteiger partial charge on any atom is -0.383 e. The highest BCUT2D eigenvalue weighted by molar-refractivity contribution is 5.92. The number of alkyl halides is 1. The lowest BCUT2D eigenvalue weighted by molar-refractivity contribution is -0.135. The van der Waals surface area contributed by atoms with Crippen molar-refractivity contribution < 1.29 is 18.7 Å². The van der Waals surface area contributed by atoms with Gasteiger partial charge in [0, 0.05) is 52.0 Å². The van der Waals surface area contributed by atoms with Gasteiger partial charge >= 0.3 is 0 Å². The van der Waals surface area contributed by atoms with E-state index in [4.69, 9.17) is 4.74 Å². The van der Waals surface area contributed by atoms with Crippen LogP contribution in [0.4, 0.5) is 4.39 Å². The second kappa shape index (κ2) is 7.26. The fraction of sp³-hybridized carbons (Fsp3) is 0.571. The smallest absolute Gasteiger partial charge is 0.274 e. The minimum absolute atomic E-state index is 0.0299. The number of nitrogens with one attached hydrogen (secondary N) is 1. The third-order valence-corrected chi connectivity index (χ3v) is 3.62. The Balaban J connectivity index is 1.89. The maximum Gasteiger partial charge on any atom is 0.274 e. The minimum atomic E-state index is -1.94. The molecular formula is C14H19FN4O3. The van der Waals surface area contributed by atoms with Gasteiger partial charge in [0.05, 0.1) is 12.8 Å². The molecule has 0 aromatic carbocycles. The molecule has 1 aliphatic heterocycles. The zero-order chi connectivity index (χ0) is 16.0. The molecule has 0 radical (unpaired) electrons. The van der Waals surface area contributed by atoms with Crippen LogP contribution in [0, 0.1) is 0 Å². The van der Waals surface area contributed by atoms with Crippen molar-refractivity contribution in [3.8, 4) is 0 Å². The van der Waals surface area contributed by atoms with Crippen LogP contribution in [0.15, 0.2) is 18.6 Å². The second-order valence-electron chi connectivity index (χ2n) is 5.10. The van der Waals surface area contributed by atoms with Crippen LogP contribution in [0.5, 0.6) is 0 Å². The maximum absolute atomic E-state index is 14.6. The molecule has 2 rings (SSSR count). The number of likely N-dealkylation sites (tertiary alicyclic amines) is 1. The fourth-order valence-corrected chi connectivity index (χ4v) is 2.29. The van der Waals surface area contributed by atoms with E-state index in [-0.39, 0.29) is 44.1 Å². The van der Waals surface area contributed by atoms with E-state index in [1.54, 1.807) is 0 Å². The van der Waals surface area contributed by atoms with E-state index >= 15 is 0 Å². The van der Waals surface area contributed by atoms with E-state index in [0.717, 1.165) is 0 Å². The third-order valence-electron chi connectivity index (χ3n) is 3.62. The van der Waals surface area contributed by atoms with Gasteiger partial charge < -0.3 is 15.0 Å². The molecule has 0 atom stereocenters. The number of piperidine rings is 1. The van der Waals surface area contributed by atoms with Crippen molar-refractivity contribution in [3.05, 3.63) is 24.3 Å². The molecule has 1 fully saturated rings. The summed E-state index contributed by atoms with van der Waals surface area (Å²) in [6.07, 6.45) is 4.22. The largest absolute Gasteiger partial charge is 0.383 e. The molecule has 8 heteroatoms. The van der Waals surface area contributed by atoms with Gasteiger partial charge in [-0.25, -0.2) is 9.37 Å². The molecule has 2 amide bonds. The number of hydrogen-bond acceptors (Lipinski definition) is 5. The summed E-state index contributed by atoms with van der Waals surface area (Å²) >= 11 is 0. The van der Waals surface area contributed by atoms with Crippen molar-refractivity contribution in [3.63, 3.8) is 0 Å². The van der Waals surface area contributed by atoms with Gasteiger partial charge in [-0.15, -0.1) is 0 Å². The predicted octanol–water partition coefficient (Wildman–Crippen LogP) is 0.184. The molecular weight excluding hydrogens is 291 g/mol. The number of methoxy groups -OCH3 is 1. The standard InChI is InChI=1S/C14H19FN4O3/c1-22-9-6-18-13(21)14(15)2-7-19(8-3-14)12(20)11-10-16-4-5-17-11/h4-5,10H,2-3,6-9H2,1H3,(H,18,21). The van der Waals surface area contributed by atoms with E-state index in [2.05, 4.69) is 15.3 Å². The Kier molecular flexibility index (Phi) is 5.37. The van der Waals surface area contributed by atoms with Crippen LogP contribution in [0.3, 0.4) is 0 Å². The van der Waals surface area contributed by atoms with Crippen molar-refractivity contribution in [2.24, 2.45) is 0 Å². The van der Waals surface area contributed by atoms with Gasteiger partial charge in [0.2, 0.25) is 0 Å². The highest BCUT2D eigenvalue weighted by Gasteiger charge is 2.42. The Morgan fingerprint density at radius 1 is 1.41 bits per heavy atom. The lowest BCUT2D eigenvalue weighted by Crippen LogP contribution is -2.52. The number of hydrogen-bond donors (Lipinski definition) is 1. The molecule has 7 nitrogen and oxygen atoms in total. The van der Waals surface area contributed by atoms with Crippen LogP contribution in [0.1, 0.15) is 23.3 Å². The third kappa shape index (κ3) is 3.76. The fourth-order valence-electron chi connectivity index (χ4n) is 2.29. The lowest BCUT2D eigenvalue weighted by atomic mass is 9.92. The van der Waals surface area contributed by atoms with E-state index in [1.165, 1.54) is 30.6 Å². The number of rotatable bonds is 5. The van der Waals surface area contributed by atoms with Gasteiger partial charge in [0.25, 0.3) is 11.8 Å². The van der Waals surface area contributed by atoms with E-state index in [1.807, 2.05) is 0 Å². The zero-order valence-electron chi connectivity index (χ0n) is 12.4. The number of ether oxygens (including phenoxy) is 1. The first-order valence-electron chi connectivity index (χ1n) is 7.08. The summed E-state index contributed by atoms with van der Waals surface area (Å²) in [7, 11) is 1.51. The van der Waals surface area contributed by atoms with E-state index in [0.29, 0.717) is 6.61 Å². The number of aromatic nitrogens is 2. The first-order valence-corrected chi connectivity index (χ1v) is 7.08. The predicted molar refractivity (Wildman–Crippen MR) is 75.9 cm³/mol. The van der Waals surface area contributed by atoms with Crippen molar-refractivity contribution in [1.29, 1.82) is 0 Å². The van der Waals surface area contributed by atoms with Gasteiger partial charge in [0.15, 0.2) is 5.67 Å². The molecule has 0 saturated carbocycles. The van der Waals surface area contributed by atoms with Crippen molar-refractivity contribution >= 4 is 11.8 Å². The van der Waals surface area contributed by atoms with Crippen molar-refractivity contribution in [1.82, 2.24) is 20.2 Å². The molecule has 1 aliphatic rings. The van der Waals surface area contributed by atoms with E-state index in [9.17, 15) is 14.0 Å². The summed E-state index contributed by atoms with van der Waals surface area (Å²) < 4.78 is 19.4. The zero-order valence-corrected chi connectivity index (χ0v) is 12.4. The van der Waals surface area contributed by atoms with Gasteiger partial charge in [-0.2, -0.15) is 0 Å². The van der Waals surface area contributed by atoms with Crippen molar-refractivity contribution in [2.45, 2.75) is 18.5 Å². The quantitative estimate of drug-likeness (QED) is 0.785. The molecule has 1 N–H and O–H groups in total. The topological polar surface area (TPSA) is 84.4 Å². The van der Waals surface area contributed by atoms with Crippen LogP contribution in [0.2, 0.25) is 0 Å². The average molecular weight is 310 g/mol. The Morgan fingerprint density at radius 2 is 2.14 bits per heavy atom.